The average Bonchev–Trinajstić information content (AvgIpc) is 3.35. The summed E-state index contributed by atoms with van der Waals surface area (Å²) in [5.41, 5.74) is 3.84. The summed E-state index contributed by atoms with van der Waals surface area (Å²) < 4.78 is 0. The number of imide groups is 1. The molecule has 5 rings (SSSR count). The van der Waals surface area contributed by atoms with E-state index >= 15 is 0 Å². The monoisotopic (exact) mass is 544 g/mol. The van der Waals surface area contributed by atoms with Crippen molar-refractivity contribution in [2.75, 3.05) is 10.2 Å². The highest BCUT2D eigenvalue weighted by Crippen LogP contribution is 2.60. The Labute approximate surface area is 197 Å². The Morgan fingerprint density at radius 2 is 1.58 bits per heavy atom. The molecule has 3 amide bonds. The van der Waals surface area contributed by atoms with Crippen molar-refractivity contribution in [2.24, 2.45) is 23.7 Å². The van der Waals surface area contributed by atoms with Crippen molar-refractivity contribution < 1.29 is 14.4 Å². The predicted octanol–water partition coefficient (Wildman–Crippen LogP) is 4.84. The summed E-state index contributed by atoms with van der Waals surface area (Å²) in [7, 11) is 0. The quantitative estimate of drug-likeness (QED) is 0.443. The van der Waals surface area contributed by atoms with E-state index in [0.29, 0.717) is 16.9 Å². The first-order valence-electron chi connectivity index (χ1n) is 10.4. The van der Waals surface area contributed by atoms with Gasteiger partial charge in [-0.2, -0.15) is 0 Å². The zero-order valence-corrected chi connectivity index (χ0v) is 20.3. The molecule has 160 valence electrons. The van der Waals surface area contributed by atoms with Gasteiger partial charge in [0.05, 0.1) is 17.5 Å². The van der Waals surface area contributed by atoms with Gasteiger partial charge in [0.2, 0.25) is 11.8 Å². The normalized spacial score (nSPS) is 31.3. The van der Waals surface area contributed by atoms with Gasteiger partial charge in [0.15, 0.2) is 0 Å². The van der Waals surface area contributed by atoms with Gasteiger partial charge in [-0.3, -0.25) is 19.3 Å². The molecule has 1 N–H and O–H groups in total. The Hall–Kier alpha value is -1.99. The Morgan fingerprint density at radius 3 is 2.19 bits per heavy atom. The minimum Gasteiger partial charge on any atom is -0.322 e. The summed E-state index contributed by atoms with van der Waals surface area (Å²) in [5.74, 6) is -0.775. The number of benzene rings is 2. The lowest BCUT2D eigenvalue weighted by Crippen LogP contribution is -2.37. The molecule has 1 aliphatic heterocycles. The molecule has 1 saturated heterocycles. The molecule has 3 fully saturated rings. The average molecular weight is 546 g/mol. The standard InChI is InChI=1S/C24H22Br2N2O3/c1-11-6-7-14(8-12(11)2)27-22(29)13-4-3-5-15(9-13)28-23(30)18-16-10-17(19(18)24(28)31)21(26)20(16)25/h3-9,16-21H,10H2,1-2H3,(H,27,29)/t16-,17-,18-,19-,20-,21+/m1/s1. The molecule has 3 aliphatic rings. The second-order valence-corrected chi connectivity index (χ2v) is 10.9. The fourth-order valence-corrected chi connectivity index (χ4v) is 7.29. The molecular formula is C24H22Br2N2O3. The van der Waals surface area contributed by atoms with Crippen LogP contribution in [0.15, 0.2) is 42.5 Å². The SMILES string of the molecule is Cc1ccc(NC(=O)c2cccc(N3C(=O)[C@@H]4[C@H]5C[C@@H]([C@@H](Br)[C@H]5Br)[C@H]4C3=O)c2)cc1C. The first-order valence-corrected chi connectivity index (χ1v) is 12.3. The van der Waals surface area contributed by atoms with Crippen LogP contribution in [0.25, 0.3) is 0 Å². The van der Waals surface area contributed by atoms with Gasteiger partial charge in [-0.25, -0.2) is 0 Å². The van der Waals surface area contributed by atoms with Gasteiger partial charge in [0, 0.05) is 20.9 Å². The molecule has 1 heterocycles. The highest BCUT2D eigenvalue weighted by atomic mass is 79.9. The molecule has 5 nitrogen and oxygen atoms in total. The number of rotatable bonds is 3. The first kappa shape index (κ1) is 20.9. The Morgan fingerprint density at radius 1 is 0.935 bits per heavy atom. The smallest absolute Gasteiger partial charge is 0.255 e. The van der Waals surface area contributed by atoms with Crippen LogP contribution in [-0.2, 0) is 9.59 Å². The van der Waals surface area contributed by atoms with E-state index in [2.05, 4.69) is 37.2 Å². The molecule has 2 aromatic rings. The highest BCUT2D eigenvalue weighted by molar-refractivity contribution is 9.12. The second kappa shape index (κ2) is 7.55. The van der Waals surface area contributed by atoms with Crippen molar-refractivity contribution in [3.63, 3.8) is 0 Å². The van der Waals surface area contributed by atoms with Gasteiger partial charge in [0.25, 0.3) is 5.91 Å². The Bertz CT molecular complexity index is 1090. The van der Waals surface area contributed by atoms with Crippen LogP contribution in [0.5, 0.6) is 0 Å². The number of aryl methyl sites for hydroxylation is 2. The van der Waals surface area contributed by atoms with Gasteiger partial charge in [-0.1, -0.05) is 44.0 Å². The molecule has 2 aliphatic carbocycles. The third-order valence-corrected chi connectivity index (χ3v) is 10.3. The first-order chi connectivity index (χ1) is 14.8. The number of alkyl halides is 2. The molecule has 2 saturated carbocycles. The zero-order valence-electron chi connectivity index (χ0n) is 17.1. The number of anilines is 2. The fraction of sp³-hybridized carbons (Fsp3) is 0.375. The molecule has 0 radical (unpaired) electrons. The molecule has 0 unspecified atom stereocenters. The van der Waals surface area contributed by atoms with Crippen LogP contribution in [0.4, 0.5) is 11.4 Å². The Kier molecular flexibility index (Phi) is 5.09. The van der Waals surface area contributed by atoms with Crippen molar-refractivity contribution in [2.45, 2.75) is 29.9 Å². The third-order valence-electron chi connectivity index (χ3n) is 7.12. The van der Waals surface area contributed by atoms with Crippen LogP contribution in [0.3, 0.4) is 0 Å². The maximum absolute atomic E-state index is 13.2. The largest absolute Gasteiger partial charge is 0.322 e. The molecular weight excluding hydrogens is 524 g/mol. The number of nitrogens with one attached hydrogen (secondary N) is 1. The van der Waals surface area contributed by atoms with Crippen LogP contribution < -0.4 is 10.2 Å². The number of hydrogen-bond acceptors (Lipinski definition) is 3. The number of carbonyl (C=O) groups is 3. The summed E-state index contributed by atoms with van der Waals surface area (Å²) >= 11 is 7.42. The molecule has 0 aromatic heterocycles. The number of halogens is 2. The van der Waals surface area contributed by atoms with E-state index in [1.54, 1.807) is 24.3 Å². The summed E-state index contributed by atoms with van der Waals surface area (Å²) in [6, 6.07) is 12.5. The van der Waals surface area contributed by atoms with Crippen molar-refractivity contribution in [3.8, 4) is 0 Å². The summed E-state index contributed by atoms with van der Waals surface area (Å²) in [6.45, 7) is 4.01. The lowest BCUT2D eigenvalue weighted by atomic mass is 9.81. The lowest BCUT2D eigenvalue weighted by molar-refractivity contribution is -0.123. The van der Waals surface area contributed by atoms with E-state index in [-0.39, 0.29) is 51.0 Å². The van der Waals surface area contributed by atoms with Gasteiger partial charge in [0.1, 0.15) is 0 Å². The maximum Gasteiger partial charge on any atom is 0.255 e. The van der Waals surface area contributed by atoms with Crippen LogP contribution in [-0.4, -0.2) is 27.4 Å². The van der Waals surface area contributed by atoms with Gasteiger partial charge < -0.3 is 5.32 Å². The van der Waals surface area contributed by atoms with Gasteiger partial charge in [-0.05, 0) is 73.6 Å². The number of nitrogens with zero attached hydrogens (tertiary/aromatic N) is 1. The van der Waals surface area contributed by atoms with Crippen molar-refractivity contribution in [3.05, 3.63) is 59.2 Å². The molecule has 7 heteroatoms. The van der Waals surface area contributed by atoms with Crippen LogP contribution in [0.2, 0.25) is 0 Å². The van der Waals surface area contributed by atoms with Gasteiger partial charge >= 0.3 is 0 Å². The van der Waals surface area contributed by atoms with Crippen molar-refractivity contribution in [1.82, 2.24) is 0 Å². The molecule has 2 aromatic carbocycles. The number of fused-ring (bicyclic) bond motifs is 5. The molecule has 0 spiro atoms. The van der Waals surface area contributed by atoms with Crippen molar-refractivity contribution in [1.29, 1.82) is 0 Å². The topological polar surface area (TPSA) is 66.5 Å². The minimum absolute atomic E-state index is 0.141. The molecule has 31 heavy (non-hydrogen) atoms. The van der Waals surface area contributed by atoms with Crippen LogP contribution in [0, 0.1) is 37.5 Å². The molecule has 2 bridgehead atoms. The van der Waals surface area contributed by atoms with Crippen molar-refractivity contribution >= 4 is 61.0 Å². The zero-order chi connectivity index (χ0) is 22.0. The maximum atomic E-state index is 13.2. The summed E-state index contributed by atoms with van der Waals surface area (Å²) in [6.07, 6.45) is 0.894. The Balaban J connectivity index is 1.40. The van der Waals surface area contributed by atoms with E-state index in [0.717, 1.165) is 17.5 Å². The molecule has 6 atom stereocenters. The number of hydrogen-bond donors (Lipinski definition) is 1. The predicted molar refractivity (Wildman–Crippen MR) is 127 cm³/mol. The number of amides is 3. The van der Waals surface area contributed by atoms with E-state index in [1.165, 1.54) is 4.90 Å². The van der Waals surface area contributed by atoms with E-state index in [9.17, 15) is 14.4 Å². The van der Waals surface area contributed by atoms with E-state index in [4.69, 9.17) is 0 Å². The van der Waals surface area contributed by atoms with Gasteiger partial charge in [-0.15, -0.1) is 0 Å². The van der Waals surface area contributed by atoms with E-state index in [1.807, 2.05) is 32.0 Å². The van der Waals surface area contributed by atoms with Crippen LogP contribution >= 0.6 is 31.9 Å². The second-order valence-electron chi connectivity index (χ2n) is 8.82. The highest BCUT2D eigenvalue weighted by Gasteiger charge is 2.66. The van der Waals surface area contributed by atoms with Crippen LogP contribution in [0.1, 0.15) is 27.9 Å². The number of carbonyl (C=O) groups excluding carboxylic acids is 3. The third kappa shape index (κ3) is 3.20. The fourth-order valence-electron chi connectivity index (χ4n) is 5.41. The summed E-state index contributed by atoms with van der Waals surface area (Å²) in [5, 5.41) is 2.90. The lowest BCUT2D eigenvalue weighted by Gasteiger charge is -2.28. The minimum atomic E-state index is -0.274. The van der Waals surface area contributed by atoms with E-state index < -0.39 is 0 Å². The summed E-state index contributed by atoms with van der Waals surface area (Å²) in [4.78, 5) is 41.0.